The first kappa shape index (κ1) is 14.4. The Balaban J connectivity index is 1.48. The number of ether oxygens (including phenoxy) is 3. The van der Waals surface area contributed by atoms with E-state index in [-0.39, 0.29) is 6.79 Å². The number of imidazole rings is 1. The van der Waals surface area contributed by atoms with Crippen LogP contribution in [0.3, 0.4) is 0 Å². The lowest BCUT2D eigenvalue weighted by atomic mass is 10.1. The average molecular weight is 315 g/mol. The molecule has 6 nitrogen and oxygen atoms in total. The van der Waals surface area contributed by atoms with E-state index in [1.54, 1.807) is 7.11 Å². The molecule has 2 aliphatic rings. The minimum atomic E-state index is 0.264. The van der Waals surface area contributed by atoms with Crippen LogP contribution in [-0.2, 0) is 13.6 Å². The number of hydrogen-bond acceptors (Lipinski definition) is 5. The molecule has 0 saturated carbocycles. The van der Waals surface area contributed by atoms with Crippen LogP contribution < -0.4 is 14.2 Å². The lowest BCUT2D eigenvalue weighted by Crippen LogP contribution is -2.20. The molecule has 1 aromatic carbocycles. The van der Waals surface area contributed by atoms with Gasteiger partial charge in [0.25, 0.3) is 0 Å². The molecule has 0 amide bonds. The summed E-state index contributed by atoms with van der Waals surface area (Å²) in [6.45, 7) is 3.25. The summed E-state index contributed by atoms with van der Waals surface area (Å²) in [4.78, 5) is 6.95. The third kappa shape index (κ3) is 2.63. The zero-order chi connectivity index (χ0) is 15.8. The number of nitrogens with zero attached hydrogens (tertiary/aromatic N) is 3. The van der Waals surface area contributed by atoms with Gasteiger partial charge in [0.1, 0.15) is 5.82 Å². The predicted octanol–water partition coefficient (Wildman–Crippen LogP) is 2.15. The van der Waals surface area contributed by atoms with Crippen molar-refractivity contribution in [2.75, 3.05) is 27.0 Å². The highest BCUT2D eigenvalue weighted by Crippen LogP contribution is 2.42. The van der Waals surface area contributed by atoms with E-state index in [1.165, 1.54) is 11.4 Å². The van der Waals surface area contributed by atoms with E-state index in [2.05, 4.69) is 27.6 Å². The molecule has 6 heteroatoms. The smallest absolute Gasteiger partial charge is 0.231 e. The van der Waals surface area contributed by atoms with Gasteiger partial charge in [0.2, 0.25) is 12.5 Å². The van der Waals surface area contributed by atoms with Gasteiger partial charge in [-0.25, -0.2) is 4.98 Å². The topological polar surface area (TPSA) is 48.8 Å². The number of aromatic nitrogens is 2. The maximum Gasteiger partial charge on any atom is 0.231 e. The molecule has 0 N–H and O–H groups in total. The van der Waals surface area contributed by atoms with Crippen LogP contribution in [0.1, 0.15) is 23.7 Å². The summed E-state index contributed by atoms with van der Waals surface area (Å²) in [5.74, 6) is 3.92. The zero-order valence-corrected chi connectivity index (χ0v) is 13.5. The Morgan fingerprint density at radius 3 is 3.04 bits per heavy atom. The fourth-order valence-electron chi connectivity index (χ4n) is 3.49. The fourth-order valence-corrected chi connectivity index (χ4v) is 3.49. The van der Waals surface area contributed by atoms with Gasteiger partial charge in [0, 0.05) is 38.4 Å². The van der Waals surface area contributed by atoms with Crippen LogP contribution in [0.4, 0.5) is 0 Å². The first-order chi connectivity index (χ1) is 11.2. The lowest BCUT2D eigenvalue weighted by molar-refractivity contribution is 0.171. The molecule has 0 bridgehead atoms. The van der Waals surface area contributed by atoms with Crippen molar-refractivity contribution < 1.29 is 14.2 Å². The second kappa shape index (κ2) is 5.77. The van der Waals surface area contributed by atoms with Gasteiger partial charge in [0.05, 0.1) is 7.11 Å². The number of likely N-dealkylation sites (tertiary alicyclic amines) is 1. The van der Waals surface area contributed by atoms with Gasteiger partial charge in [0.15, 0.2) is 11.5 Å². The Morgan fingerprint density at radius 2 is 2.26 bits per heavy atom. The minimum Gasteiger partial charge on any atom is -0.493 e. The van der Waals surface area contributed by atoms with Crippen LogP contribution in [0.15, 0.2) is 24.5 Å². The van der Waals surface area contributed by atoms with E-state index in [4.69, 9.17) is 14.2 Å². The van der Waals surface area contributed by atoms with Crippen LogP contribution in [0.25, 0.3) is 0 Å². The average Bonchev–Trinajstić information content (AvgIpc) is 3.26. The van der Waals surface area contributed by atoms with Gasteiger partial charge in [-0.3, -0.25) is 4.90 Å². The zero-order valence-electron chi connectivity index (χ0n) is 13.5. The number of methoxy groups -OCH3 is 1. The molecule has 1 fully saturated rings. The van der Waals surface area contributed by atoms with Crippen molar-refractivity contribution in [3.63, 3.8) is 0 Å². The van der Waals surface area contributed by atoms with Gasteiger partial charge in [-0.1, -0.05) is 0 Å². The molecular formula is C17H21N3O3. The lowest BCUT2D eigenvalue weighted by Gasteiger charge is -2.17. The maximum atomic E-state index is 5.51. The summed E-state index contributed by atoms with van der Waals surface area (Å²) in [6.07, 6.45) is 5.04. The molecule has 1 saturated heterocycles. The monoisotopic (exact) mass is 315 g/mol. The number of hydrogen-bond donors (Lipinski definition) is 0. The van der Waals surface area contributed by atoms with Crippen LogP contribution in [-0.4, -0.2) is 41.4 Å². The maximum absolute atomic E-state index is 5.51. The van der Waals surface area contributed by atoms with Gasteiger partial charge >= 0.3 is 0 Å². The van der Waals surface area contributed by atoms with Gasteiger partial charge in [-0.2, -0.15) is 0 Å². The predicted molar refractivity (Wildman–Crippen MR) is 85.0 cm³/mol. The van der Waals surface area contributed by atoms with Gasteiger partial charge < -0.3 is 18.8 Å². The summed E-state index contributed by atoms with van der Waals surface area (Å²) in [6, 6.07) is 4.10. The molecule has 0 aliphatic carbocycles. The molecule has 122 valence electrons. The summed E-state index contributed by atoms with van der Waals surface area (Å²) < 4.78 is 18.5. The summed E-state index contributed by atoms with van der Waals surface area (Å²) in [7, 11) is 3.72. The van der Waals surface area contributed by atoms with E-state index in [9.17, 15) is 0 Å². The van der Waals surface area contributed by atoms with E-state index >= 15 is 0 Å². The van der Waals surface area contributed by atoms with Crippen LogP contribution >= 0.6 is 0 Å². The molecule has 1 unspecified atom stereocenters. The van der Waals surface area contributed by atoms with E-state index < -0.39 is 0 Å². The first-order valence-electron chi connectivity index (χ1n) is 7.90. The quantitative estimate of drug-likeness (QED) is 0.865. The normalized spacial score (nSPS) is 20.2. The second-order valence-electron chi connectivity index (χ2n) is 6.15. The molecular weight excluding hydrogens is 294 g/mol. The van der Waals surface area contributed by atoms with Crippen molar-refractivity contribution in [3.8, 4) is 17.2 Å². The Hall–Kier alpha value is -2.21. The minimum absolute atomic E-state index is 0.264. The molecule has 1 aromatic heterocycles. The molecule has 3 heterocycles. The molecule has 2 aliphatic heterocycles. The van der Waals surface area contributed by atoms with Gasteiger partial charge in [-0.15, -0.1) is 0 Å². The Kier molecular flexibility index (Phi) is 3.61. The Labute approximate surface area is 135 Å². The number of aryl methyl sites for hydroxylation is 1. The number of fused-ring (bicyclic) bond motifs is 1. The largest absolute Gasteiger partial charge is 0.493 e. The standard InChI is InChI=1S/C17H21N3O3/c1-19-6-4-18-17(19)13-3-5-20(10-13)9-12-7-14(21-2)16-15(8-12)22-11-23-16/h4,6-8,13H,3,5,9-11H2,1-2H3. The molecule has 0 radical (unpaired) electrons. The highest BCUT2D eigenvalue weighted by Gasteiger charge is 2.27. The van der Waals surface area contributed by atoms with Crippen molar-refractivity contribution in [2.45, 2.75) is 18.9 Å². The first-order valence-corrected chi connectivity index (χ1v) is 7.90. The molecule has 1 atom stereocenters. The summed E-state index contributed by atoms with van der Waals surface area (Å²) in [5, 5.41) is 0. The van der Waals surface area contributed by atoms with Crippen molar-refractivity contribution in [1.29, 1.82) is 0 Å². The summed E-state index contributed by atoms with van der Waals surface area (Å²) in [5.41, 5.74) is 1.19. The van der Waals surface area contributed by atoms with Crippen LogP contribution in [0.2, 0.25) is 0 Å². The highest BCUT2D eigenvalue weighted by molar-refractivity contribution is 5.55. The highest BCUT2D eigenvalue weighted by atomic mass is 16.7. The number of benzene rings is 1. The van der Waals surface area contributed by atoms with E-state index in [1.807, 2.05) is 18.5 Å². The third-order valence-electron chi connectivity index (χ3n) is 4.62. The fraction of sp³-hybridized carbons (Fsp3) is 0.471. The van der Waals surface area contributed by atoms with E-state index in [0.29, 0.717) is 11.7 Å². The number of rotatable bonds is 4. The van der Waals surface area contributed by atoms with Crippen molar-refractivity contribution in [1.82, 2.24) is 14.5 Å². The second-order valence-corrected chi connectivity index (χ2v) is 6.15. The molecule has 4 rings (SSSR count). The summed E-state index contributed by atoms with van der Waals surface area (Å²) >= 11 is 0. The van der Waals surface area contributed by atoms with Crippen molar-refractivity contribution in [3.05, 3.63) is 35.9 Å². The van der Waals surface area contributed by atoms with Crippen LogP contribution in [0.5, 0.6) is 17.2 Å². The Bertz CT molecular complexity index is 713. The van der Waals surface area contributed by atoms with Crippen molar-refractivity contribution in [2.24, 2.45) is 7.05 Å². The molecule has 0 spiro atoms. The van der Waals surface area contributed by atoms with E-state index in [0.717, 1.165) is 37.6 Å². The third-order valence-corrected chi connectivity index (χ3v) is 4.62. The Morgan fingerprint density at radius 1 is 1.35 bits per heavy atom. The molecule has 23 heavy (non-hydrogen) atoms. The van der Waals surface area contributed by atoms with Gasteiger partial charge in [-0.05, 0) is 30.7 Å². The van der Waals surface area contributed by atoms with Crippen LogP contribution in [0, 0.1) is 0 Å². The van der Waals surface area contributed by atoms with Crippen molar-refractivity contribution >= 4 is 0 Å². The molecule has 2 aromatic rings. The SMILES string of the molecule is COc1cc(CN2CCC(c3nccn3C)C2)cc2c1OCO2.